The monoisotopic (exact) mass is 231 g/mol. The molecule has 2 N–H and O–H groups in total. The molecule has 0 heterocycles. The van der Waals surface area contributed by atoms with Crippen molar-refractivity contribution in [1.82, 2.24) is 0 Å². The summed E-state index contributed by atoms with van der Waals surface area (Å²) in [6.07, 6.45) is 8.97. The van der Waals surface area contributed by atoms with E-state index in [1.165, 1.54) is 56.1 Å². The van der Waals surface area contributed by atoms with Gasteiger partial charge >= 0.3 is 0 Å². The van der Waals surface area contributed by atoms with Crippen LogP contribution in [0.2, 0.25) is 0 Å². The van der Waals surface area contributed by atoms with Crippen molar-refractivity contribution < 1.29 is 0 Å². The Bertz CT molecular complexity index is 333. The molecule has 1 aromatic rings. The molecule has 0 amide bonds. The van der Waals surface area contributed by atoms with Gasteiger partial charge in [0.2, 0.25) is 0 Å². The molecule has 1 nitrogen and oxygen atoms in total. The zero-order valence-electron chi connectivity index (χ0n) is 11.0. The van der Waals surface area contributed by atoms with E-state index in [1.807, 2.05) is 0 Å². The second-order valence-electron chi connectivity index (χ2n) is 5.65. The molecule has 2 rings (SSSR count). The van der Waals surface area contributed by atoms with Gasteiger partial charge in [0.15, 0.2) is 0 Å². The lowest BCUT2D eigenvalue weighted by Crippen LogP contribution is -2.29. The van der Waals surface area contributed by atoms with Crippen molar-refractivity contribution in [2.75, 3.05) is 6.54 Å². The smallest absolute Gasteiger partial charge is 0.00173 e. The number of aryl methyl sites for hydroxylation is 1. The average Bonchev–Trinajstić information content (AvgIpc) is 2.81. The Balaban J connectivity index is 2.02. The van der Waals surface area contributed by atoms with Crippen molar-refractivity contribution in [1.29, 1.82) is 0 Å². The van der Waals surface area contributed by atoms with Gasteiger partial charge in [-0.15, -0.1) is 0 Å². The molecule has 0 unspecified atom stereocenters. The highest BCUT2D eigenvalue weighted by Gasteiger charge is 2.32. The van der Waals surface area contributed by atoms with Crippen LogP contribution in [0.1, 0.15) is 50.2 Å². The van der Waals surface area contributed by atoms with Gasteiger partial charge in [0, 0.05) is 0 Å². The van der Waals surface area contributed by atoms with E-state index in [0.717, 1.165) is 6.54 Å². The fraction of sp³-hybridized carbons (Fsp3) is 0.625. The Labute approximate surface area is 105 Å². The molecule has 0 spiro atoms. The second-order valence-corrected chi connectivity index (χ2v) is 5.65. The molecule has 0 aliphatic heterocycles. The Hall–Kier alpha value is -0.820. The number of nitrogens with two attached hydrogens (primary N) is 1. The number of hydrogen-bond acceptors (Lipinski definition) is 1. The van der Waals surface area contributed by atoms with Crippen molar-refractivity contribution in [2.24, 2.45) is 11.1 Å². The van der Waals surface area contributed by atoms with E-state index in [0.29, 0.717) is 5.41 Å². The Morgan fingerprint density at radius 1 is 1.06 bits per heavy atom. The molecule has 0 bridgehead atoms. The first-order chi connectivity index (χ1) is 8.28. The topological polar surface area (TPSA) is 26.0 Å². The van der Waals surface area contributed by atoms with Crippen molar-refractivity contribution in [3.05, 3.63) is 35.4 Å². The molecule has 1 aromatic carbocycles. The van der Waals surface area contributed by atoms with Crippen LogP contribution >= 0.6 is 0 Å². The molecule has 0 radical (unpaired) electrons. The minimum atomic E-state index is 0.409. The highest BCUT2D eigenvalue weighted by atomic mass is 14.6. The van der Waals surface area contributed by atoms with Crippen LogP contribution in [0.4, 0.5) is 0 Å². The summed E-state index contributed by atoms with van der Waals surface area (Å²) < 4.78 is 0. The van der Waals surface area contributed by atoms with Crippen LogP contribution < -0.4 is 5.73 Å². The normalized spacial score (nSPS) is 18.5. The Morgan fingerprint density at radius 3 is 2.18 bits per heavy atom. The third kappa shape index (κ3) is 3.10. The summed E-state index contributed by atoms with van der Waals surface area (Å²) in [6, 6.07) is 9.19. The molecule has 0 atom stereocenters. The first kappa shape index (κ1) is 12.6. The fourth-order valence-corrected chi connectivity index (χ4v) is 3.12. The first-order valence-corrected chi connectivity index (χ1v) is 7.06. The van der Waals surface area contributed by atoms with Gasteiger partial charge in [0.1, 0.15) is 0 Å². The minimum Gasteiger partial charge on any atom is -0.330 e. The number of hydrogen-bond donors (Lipinski definition) is 1. The molecule has 0 saturated heterocycles. The summed E-state index contributed by atoms with van der Waals surface area (Å²) in [6.45, 7) is 3.08. The van der Waals surface area contributed by atoms with Crippen molar-refractivity contribution in [3.63, 3.8) is 0 Å². The molecule has 1 heteroatoms. The van der Waals surface area contributed by atoms with Gasteiger partial charge in [-0.3, -0.25) is 0 Å². The van der Waals surface area contributed by atoms with Crippen LogP contribution in [0.15, 0.2) is 24.3 Å². The lowest BCUT2D eigenvalue weighted by molar-refractivity contribution is 0.306. The predicted octanol–water partition coefficient (Wildman–Crippen LogP) is 3.70. The quantitative estimate of drug-likeness (QED) is 0.821. The molecule has 17 heavy (non-hydrogen) atoms. The summed E-state index contributed by atoms with van der Waals surface area (Å²) >= 11 is 0. The van der Waals surface area contributed by atoms with Gasteiger partial charge in [-0.1, -0.05) is 50.5 Å². The van der Waals surface area contributed by atoms with E-state index < -0.39 is 0 Å². The van der Waals surface area contributed by atoms with Crippen molar-refractivity contribution in [3.8, 4) is 0 Å². The Morgan fingerprint density at radius 2 is 1.65 bits per heavy atom. The SMILES string of the molecule is CCCc1ccc(CC2(CN)CCCC2)cc1. The molecular formula is C16H25N. The highest BCUT2D eigenvalue weighted by Crippen LogP contribution is 2.39. The van der Waals surface area contributed by atoms with Gasteiger partial charge in [-0.05, 0) is 48.8 Å². The number of rotatable bonds is 5. The standard InChI is InChI=1S/C16H25N/c1-2-5-14-6-8-15(9-7-14)12-16(13-17)10-3-4-11-16/h6-9H,2-5,10-13,17H2,1H3. The maximum atomic E-state index is 5.99. The highest BCUT2D eigenvalue weighted by molar-refractivity contribution is 5.24. The molecule has 1 fully saturated rings. The molecule has 0 aromatic heterocycles. The van der Waals surface area contributed by atoms with Gasteiger partial charge < -0.3 is 5.73 Å². The zero-order chi connectivity index (χ0) is 12.1. The molecule has 94 valence electrons. The summed E-state index contributed by atoms with van der Waals surface area (Å²) in [5, 5.41) is 0. The summed E-state index contributed by atoms with van der Waals surface area (Å²) in [4.78, 5) is 0. The summed E-state index contributed by atoms with van der Waals surface area (Å²) in [7, 11) is 0. The third-order valence-electron chi connectivity index (χ3n) is 4.24. The first-order valence-electron chi connectivity index (χ1n) is 7.06. The third-order valence-corrected chi connectivity index (χ3v) is 4.24. The van der Waals surface area contributed by atoms with E-state index in [-0.39, 0.29) is 0 Å². The van der Waals surface area contributed by atoms with Crippen LogP contribution in [-0.4, -0.2) is 6.54 Å². The second kappa shape index (κ2) is 5.68. The molecular weight excluding hydrogens is 206 g/mol. The maximum Gasteiger partial charge on any atom is -0.00173 e. The van der Waals surface area contributed by atoms with Gasteiger partial charge in [-0.2, -0.15) is 0 Å². The summed E-state index contributed by atoms with van der Waals surface area (Å²) in [5.41, 5.74) is 9.34. The Kier molecular flexibility index (Phi) is 4.22. The molecule has 1 aliphatic rings. The van der Waals surface area contributed by atoms with Gasteiger partial charge in [0.05, 0.1) is 0 Å². The van der Waals surface area contributed by atoms with E-state index in [1.54, 1.807) is 0 Å². The maximum absolute atomic E-state index is 5.99. The van der Waals surface area contributed by atoms with E-state index in [9.17, 15) is 0 Å². The van der Waals surface area contributed by atoms with Crippen molar-refractivity contribution >= 4 is 0 Å². The lowest BCUT2D eigenvalue weighted by Gasteiger charge is -2.27. The van der Waals surface area contributed by atoms with E-state index in [4.69, 9.17) is 5.73 Å². The molecule has 1 aliphatic carbocycles. The predicted molar refractivity (Wildman–Crippen MR) is 74.1 cm³/mol. The van der Waals surface area contributed by atoms with E-state index >= 15 is 0 Å². The molecule has 1 saturated carbocycles. The number of benzene rings is 1. The van der Waals surface area contributed by atoms with Crippen LogP contribution in [0.25, 0.3) is 0 Å². The van der Waals surface area contributed by atoms with Crippen LogP contribution in [0, 0.1) is 5.41 Å². The fourth-order valence-electron chi connectivity index (χ4n) is 3.12. The van der Waals surface area contributed by atoms with Gasteiger partial charge in [0.25, 0.3) is 0 Å². The largest absolute Gasteiger partial charge is 0.330 e. The minimum absolute atomic E-state index is 0.409. The van der Waals surface area contributed by atoms with Crippen LogP contribution in [0.3, 0.4) is 0 Å². The summed E-state index contributed by atoms with van der Waals surface area (Å²) in [5.74, 6) is 0. The van der Waals surface area contributed by atoms with Crippen molar-refractivity contribution in [2.45, 2.75) is 51.9 Å². The van der Waals surface area contributed by atoms with E-state index in [2.05, 4.69) is 31.2 Å². The lowest BCUT2D eigenvalue weighted by atomic mass is 9.80. The average molecular weight is 231 g/mol. The van der Waals surface area contributed by atoms with Crippen LogP contribution in [-0.2, 0) is 12.8 Å². The van der Waals surface area contributed by atoms with Gasteiger partial charge in [-0.25, -0.2) is 0 Å². The van der Waals surface area contributed by atoms with Crippen LogP contribution in [0.5, 0.6) is 0 Å². The zero-order valence-corrected chi connectivity index (χ0v) is 11.0.